The van der Waals surface area contributed by atoms with Crippen molar-refractivity contribution in [3.8, 4) is 0 Å². The van der Waals surface area contributed by atoms with Crippen LogP contribution in [0.4, 0.5) is 18.9 Å². The minimum Gasteiger partial charge on any atom is -0.373 e. The van der Waals surface area contributed by atoms with Crippen LogP contribution in [0.5, 0.6) is 0 Å². The minimum absolute atomic E-state index is 0.0414. The predicted octanol–water partition coefficient (Wildman–Crippen LogP) is 3.21. The molecule has 0 radical (unpaired) electrons. The summed E-state index contributed by atoms with van der Waals surface area (Å²) in [4.78, 5) is 24.0. The fourth-order valence-corrected chi connectivity index (χ4v) is 3.26. The molecule has 0 saturated carbocycles. The number of halogens is 4. The minimum atomic E-state index is -5.14. The number of aromatic amines is 1. The smallest absolute Gasteiger partial charge is 0.373 e. The van der Waals surface area contributed by atoms with Gasteiger partial charge in [-0.2, -0.15) is 13.2 Å². The van der Waals surface area contributed by atoms with Crippen LogP contribution in [-0.2, 0) is 4.79 Å². The van der Waals surface area contributed by atoms with Crippen LogP contribution in [0, 0.1) is 0 Å². The summed E-state index contributed by atoms with van der Waals surface area (Å²) in [5, 5.41) is 17.9. The van der Waals surface area contributed by atoms with Gasteiger partial charge in [-0.15, -0.1) is 5.10 Å². The number of aliphatic hydroxyl groups is 1. The van der Waals surface area contributed by atoms with Gasteiger partial charge in [0.25, 0.3) is 5.91 Å². The van der Waals surface area contributed by atoms with Gasteiger partial charge in [0.15, 0.2) is 5.16 Å². The van der Waals surface area contributed by atoms with Gasteiger partial charge in [0.1, 0.15) is 0 Å². The summed E-state index contributed by atoms with van der Waals surface area (Å²) in [6, 6.07) is 4.03. The van der Waals surface area contributed by atoms with E-state index >= 15 is 0 Å². The fourth-order valence-electron chi connectivity index (χ4n) is 1.96. The lowest BCUT2D eigenvalue weighted by molar-refractivity contribution is -0.242. The van der Waals surface area contributed by atoms with Crippen molar-refractivity contribution in [2.45, 2.75) is 48.6 Å². The summed E-state index contributed by atoms with van der Waals surface area (Å²) in [7, 11) is 0. The number of aromatic nitrogens is 3. The molecule has 1 amide bonds. The molecule has 0 aliphatic heterocycles. The number of carbonyl (C=O) groups excluding carboxylic acids is 1. The molecule has 2 aromatic rings. The van der Waals surface area contributed by atoms with E-state index in [2.05, 4.69) is 10.2 Å². The molecule has 0 unspecified atom stereocenters. The first-order valence-electron chi connectivity index (χ1n) is 7.59. The van der Waals surface area contributed by atoms with Crippen LogP contribution in [0.25, 0.3) is 0 Å². The third-order valence-corrected chi connectivity index (χ3v) is 4.85. The first-order chi connectivity index (χ1) is 12.3. The maximum absolute atomic E-state index is 12.7. The average Bonchev–Trinajstić information content (AvgIpc) is 2.89. The third kappa shape index (κ3) is 4.47. The van der Waals surface area contributed by atoms with Gasteiger partial charge < -0.3 is 10.4 Å². The highest BCUT2D eigenvalue weighted by Gasteiger charge is 2.55. The zero-order valence-electron chi connectivity index (χ0n) is 14.4. The van der Waals surface area contributed by atoms with Crippen LogP contribution in [0.15, 0.2) is 33.0 Å². The first-order valence-corrected chi connectivity index (χ1v) is 8.79. The number of hydrogen-bond acceptors (Lipinski definition) is 5. The number of nitrogens with zero attached hydrogens (tertiary/aromatic N) is 2. The Morgan fingerprint density at radius 3 is 2.56 bits per heavy atom. The summed E-state index contributed by atoms with van der Waals surface area (Å²) in [6.45, 7) is 3.96. The summed E-state index contributed by atoms with van der Waals surface area (Å²) in [5.41, 5.74) is -4.04. The predicted molar refractivity (Wildman–Crippen MR) is 94.1 cm³/mol. The molecular formula is C15H16ClF3N4O3S. The van der Waals surface area contributed by atoms with E-state index < -0.39 is 17.7 Å². The SMILES string of the molecule is CC(C)n1c(Sc2ccc(NC(=O)[C@@](C)(O)C(F)(F)F)c(Cl)c2)n[nH]c1=O. The second-order valence-electron chi connectivity index (χ2n) is 6.04. The molecule has 1 aromatic carbocycles. The maximum atomic E-state index is 12.7. The first kappa shape index (κ1) is 21.3. The molecule has 1 heterocycles. The monoisotopic (exact) mass is 424 g/mol. The van der Waals surface area contributed by atoms with Gasteiger partial charge in [-0.1, -0.05) is 11.6 Å². The molecule has 0 aliphatic rings. The van der Waals surface area contributed by atoms with Crippen molar-refractivity contribution < 1.29 is 23.1 Å². The van der Waals surface area contributed by atoms with Crippen LogP contribution < -0.4 is 11.0 Å². The van der Waals surface area contributed by atoms with Crippen LogP contribution in [-0.4, -0.2) is 37.6 Å². The highest BCUT2D eigenvalue weighted by atomic mass is 35.5. The summed E-state index contributed by atoms with van der Waals surface area (Å²) in [5.74, 6) is -1.65. The highest BCUT2D eigenvalue weighted by molar-refractivity contribution is 7.99. The number of carbonyl (C=O) groups is 1. The van der Waals surface area contributed by atoms with Gasteiger partial charge in [-0.25, -0.2) is 9.89 Å². The average molecular weight is 425 g/mol. The van der Waals surface area contributed by atoms with E-state index in [-0.39, 0.29) is 22.4 Å². The van der Waals surface area contributed by atoms with Crippen LogP contribution >= 0.6 is 23.4 Å². The molecule has 0 spiro atoms. The number of rotatable bonds is 5. The van der Waals surface area contributed by atoms with E-state index in [0.29, 0.717) is 17.0 Å². The summed E-state index contributed by atoms with van der Waals surface area (Å²) < 4.78 is 39.6. The number of benzene rings is 1. The molecule has 27 heavy (non-hydrogen) atoms. The second-order valence-corrected chi connectivity index (χ2v) is 7.49. The standard InChI is InChI=1S/C15H16ClF3N4O3S/c1-7(2)23-12(25)21-22-13(23)27-8-4-5-10(9(16)6-8)20-11(24)14(3,26)15(17,18)19/h4-7,26H,1-3H3,(H,20,24)(H,21,25)/t14-/m1/s1. The van der Waals surface area contributed by atoms with Crippen molar-refractivity contribution in [1.29, 1.82) is 0 Å². The molecule has 7 nitrogen and oxygen atoms in total. The van der Waals surface area contributed by atoms with Crippen LogP contribution in [0.1, 0.15) is 26.8 Å². The quantitative estimate of drug-likeness (QED) is 0.684. The van der Waals surface area contributed by atoms with Gasteiger partial charge in [0.05, 0.1) is 10.7 Å². The number of nitrogens with one attached hydrogen (secondary N) is 2. The van der Waals surface area contributed by atoms with E-state index in [1.807, 2.05) is 5.32 Å². The topological polar surface area (TPSA) is 100 Å². The zero-order valence-corrected chi connectivity index (χ0v) is 16.0. The largest absolute Gasteiger partial charge is 0.426 e. The lowest BCUT2D eigenvalue weighted by Gasteiger charge is -2.25. The molecule has 0 fully saturated rings. The summed E-state index contributed by atoms with van der Waals surface area (Å²) in [6.07, 6.45) is -5.14. The number of anilines is 1. The Morgan fingerprint density at radius 2 is 2.04 bits per heavy atom. The Balaban J connectivity index is 2.22. The zero-order chi connectivity index (χ0) is 20.6. The molecule has 0 bridgehead atoms. The fraction of sp³-hybridized carbons (Fsp3) is 0.400. The van der Waals surface area contributed by atoms with E-state index in [9.17, 15) is 27.9 Å². The Labute approximate surface area is 160 Å². The van der Waals surface area contributed by atoms with Gasteiger partial charge in [-0.3, -0.25) is 9.36 Å². The number of alkyl halides is 3. The van der Waals surface area contributed by atoms with Crippen LogP contribution in [0.3, 0.4) is 0 Å². The Morgan fingerprint density at radius 1 is 1.41 bits per heavy atom. The molecule has 1 aromatic heterocycles. The van der Waals surface area contributed by atoms with E-state index in [0.717, 1.165) is 11.8 Å². The maximum Gasteiger partial charge on any atom is 0.426 e. The van der Waals surface area contributed by atoms with Gasteiger partial charge >= 0.3 is 11.9 Å². The van der Waals surface area contributed by atoms with Gasteiger partial charge in [0.2, 0.25) is 5.60 Å². The molecule has 0 aliphatic carbocycles. The lowest BCUT2D eigenvalue weighted by Crippen LogP contribution is -2.52. The van der Waals surface area contributed by atoms with Crippen molar-refractivity contribution in [2.24, 2.45) is 0 Å². The summed E-state index contributed by atoms with van der Waals surface area (Å²) >= 11 is 7.13. The Hall–Kier alpha value is -1.98. The molecule has 12 heteroatoms. The van der Waals surface area contributed by atoms with Gasteiger partial charge in [0, 0.05) is 10.9 Å². The lowest BCUT2D eigenvalue weighted by atomic mass is 10.1. The van der Waals surface area contributed by atoms with E-state index in [1.165, 1.54) is 22.8 Å². The molecule has 1 atom stereocenters. The van der Waals surface area contributed by atoms with Crippen molar-refractivity contribution in [3.63, 3.8) is 0 Å². The second kappa shape index (κ2) is 7.56. The molecule has 148 valence electrons. The van der Waals surface area contributed by atoms with Crippen molar-refractivity contribution >= 4 is 35.0 Å². The van der Waals surface area contributed by atoms with Crippen LogP contribution in [0.2, 0.25) is 5.02 Å². The number of hydrogen-bond donors (Lipinski definition) is 3. The Bertz CT molecular complexity index is 908. The molecule has 0 saturated heterocycles. The van der Waals surface area contributed by atoms with Crippen molar-refractivity contribution in [2.75, 3.05) is 5.32 Å². The molecule has 3 N–H and O–H groups in total. The van der Waals surface area contributed by atoms with Crippen molar-refractivity contribution in [3.05, 3.63) is 33.7 Å². The van der Waals surface area contributed by atoms with E-state index in [4.69, 9.17) is 11.6 Å². The van der Waals surface area contributed by atoms with E-state index in [1.54, 1.807) is 13.8 Å². The van der Waals surface area contributed by atoms with Gasteiger partial charge in [-0.05, 0) is 50.7 Å². The number of H-pyrrole nitrogens is 1. The normalized spacial score (nSPS) is 14.3. The Kier molecular flexibility index (Phi) is 5.97. The third-order valence-electron chi connectivity index (χ3n) is 3.58. The van der Waals surface area contributed by atoms with Crippen molar-refractivity contribution in [1.82, 2.24) is 14.8 Å². The molecule has 2 rings (SSSR count). The molecular weight excluding hydrogens is 409 g/mol. The highest BCUT2D eigenvalue weighted by Crippen LogP contribution is 2.34. The number of amides is 1.